The molecule has 0 radical (unpaired) electrons. The van der Waals surface area contributed by atoms with Crippen LogP contribution in [-0.2, 0) is 10.0 Å². The van der Waals surface area contributed by atoms with Crippen LogP contribution >= 0.6 is 15.9 Å². The van der Waals surface area contributed by atoms with Crippen LogP contribution in [0.2, 0.25) is 0 Å². The summed E-state index contributed by atoms with van der Waals surface area (Å²) in [4.78, 5) is 0.153. The van der Waals surface area contributed by atoms with Crippen molar-refractivity contribution in [1.29, 1.82) is 0 Å². The number of aryl methyl sites for hydroxylation is 1. The molecule has 1 aromatic carbocycles. The molecule has 0 aliphatic carbocycles. The average molecular weight is 316 g/mol. The molecule has 17 heavy (non-hydrogen) atoms. The highest BCUT2D eigenvalue weighted by molar-refractivity contribution is 9.10. The maximum Gasteiger partial charge on any atom is 0.265 e. The van der Waals surface area contributed by atoms with Gasteiger partial charge in [0.05, 0.1) is 11.9 Å². The van der Waals surface area contributed by atoms with Gasteiger partial charge < -0.3 is 0 Å². The molecular formula is C10H10BrN3O2S. The van der Waals surface area contributed by atoms with E-state index in [0.717, 1.165) is 4.47 Å². The predicted molar refractivity (Wildman–Crippen MR) is 68.3 cm³/mol. The predicted octanol–water partition coefficient (Wildman–Crippen LogP) is 2.28. The van der Waals surface area contributed by atoms with Gasteiger partial charge in [0.25, 0.3) is 10.0 Å². The number of nitrogens with one attached hydrogen (secondary N) is 2. The fourth-order valence-electron chi connectivity index (χ4n) is 1.34. The van der Waals surface area contributed by atoms with E-state index in [1.807, 2.05) is 0 Å². The van der Waals surface area contributed by atoms with Gasteiger partial charge in [0.2, 0.25) is 0 Å². The molecule has 5 nitrogen and oxygen atoms in total. The summed E-state index contributed by atoms with van der Waals surface area (Å²) in [5.41, 5.74) is 1.02. The highest BCUT2D eigenvalue weighted by Crippen LogP contribution is 2.19. The van der Waals surface area contributed by atoms with Crippen LogP contribution in [0.15, 0.2) is 39.8 Å². The van der Waals surface area contributed by atoms with Gasteiger partial charge in [-0.3, -0.25) is 9.82 Å². The van der Waals surface area contributed by atoms with E-state index in [2.05, 4.69) is 30.8 Å². The number of rotatable bonds is 3. The van der Waals surface area contributed by atoms with Gasteiger partial charge >= 0.3 is 0 Å². The van der Waals surface area contributed by atoms with Gasteiger partial charge in [-0.25, -0.2) is 8.42 Å². The molecule has 0 unspecified atom stereocenters. The number of hydrogen-bond donors (Lipinski definition) is 2. The molecule has 0 atom stereocenters. The van der Waals surface area contributed by atoms with E-state index in [1.165, 1.54) is 6.20 Å². The van der Waals surface area contributed by atoms with Gasteiger partial charge in [0, 0.05) is 10.2 Å². The van der Waals surface area contributed by atoms with Crippen LogP contribution in [-0.4, -0.2) is 18.6 Å². The second-order valence-electron chi connectivity index (χ2n) is 3.47. The topological polar surface area (TPSA) is 74.8 Å². The molecule has 7 heteroatoms. The molecule has 2 N–H and O–H groups in total. The third-order valence-corrected chi connectivity index (χ3v) is 4.19. The number of benzene rings is 1. The molecular weight excluding hydrogens is 306 g/mol. The van der Waals surface area contributed by atoms with Crippen LogP contribution in [0.25, 0.3) is 0 Å². The summed E-state index contributed by atoms with van der Waals surface area (Å²) in [6.45, 7) is 1.66. The Balaban J connectivity index is 2.30. The second kappa shape index (κ2) is 4.50. The number of aromatic amines is 1. The van der Waals surface area contributed by atoms with E-state index in [0.29, 0.717) is 11.4 Å². The Morgan fingerprint density at radius 2 is 1.94 bits per heavy atom. The third-order valence-electron chi connectivity index (χ3n) is 2.17. The van der Waals surface area contributed by atoms with E-state index in [1.54, 1.807) is 31.2 Å². The first-order chi connectivity index (χ1) is 7.99. The number of hydrogen-bond acceptors (Lipinski definition) is 3. The SMILES string of the molecule is Cc1[nH]ncc1S(=O)(=O)Nc1ccc(Br)cc1. The van der Waals surface area contributed by atoms with Crippen molar-refractivity contribution in [3.05, 3.63) is 40.6 Å². The lowest BCUT2D eigenvalue weighted by atomic mass is 10.3. The number of aromatic nitrogens is 2. The molecule has 90 valence electrons. The van der Waals surface area contributed by atoms with Crippen LogP contribution in [0.5, 0.6) is 0 Å². The number of nitrogens with zero attached hydrogens (tertiary/aromatic N) is 1. The van der Waals surface area contributed by atoms with Gasteiger partial charge in [0.15, 0.2) is 0 Å². The van der Waals surface area contributed by atoms with Crippen molar-refractivity contribution < 1.29 is 8.42 Å². The normalized spacial score (nSPS) is 11.4. The lowest BCUT2D eigenvalue weighted by molar-refractivity contribution is 0.600. The standard InChI is InChI=1S/C10H10BrN3O2S/c1-7-10(6-12-13-7)17(15,16)14-9-4-2-8(11)3-5-9/h2-6,14H,1H3,(H,12,13). The van der Waals surface area contributed by atoms with Crippen LogP contribution in [0, 0.1) is 6.92 Å². The zero-order valence-corrected chi connectivity index (χ0v) is 11.3. The average Bonchev–Trinajstić information content (AvgIpc) is 2.68. The number of H-pyrrole nitrogens is 1. The monoisotopic (exact) mass is 315 g/mol. The highest BCUT2D eigenvalue weighted by atomic mass is 79.9. The van der Waals surface area contributed by atoms with Crippen molar-refractivity contribution in [2.45, 2.75) is 11.8 Å². The Bertz CT molecular complexity index is 619. The summed E-state index contributed by atoms with van der Waals surface area (Å²) in [6.07, 6.45) is 1.29. The molecule has 0 bridgehead atoms. The minimum Gasteiger partial charge on any atom is -0.281 e. The van der Waals surface area contributed by atoms with E-state index < -0.39 is 10.0 Å². The smallest absolute Gasteiger partial charge is 0.265 e. The maximum absolute atomic E-state index is 12.0. The molecule has 0 fully saturated rings. The summed E-state index contributed by atoms with van der Waals surface area (Å²) in [5.74, 6) is 0. The molecule has 0 aliphatic rings. The molecule has 0 spiro atoms. The van der Waals surface area contributed by atoms with E-state index in [4.69, 9.17) is 0 Å². The van der Waals surface area contributed by atoms with Gasteiger partial charge in [-0.15, -0.1) is 0 Å². The van der Waals surface area contributed by atoms with Crippen molar-refractivity contribution in [2.24, 2.45) is 0 Å². The van der Waals surface area contributed by atoms with E-state index >= 15 is 0 Å². The Morgan fingerprint density at radius 3 is 2.47 bits per heavy atom. The summed E-state index contributed by atoms with van der Waals surface area (Å²) in [7, 11) is -3.57. The van der Waals surface area contributed by atoms with Crippen molar-refractivity contribution in [3.8, 4) is 0 Å². The summed E-state index contributed by atoms with van der Waals surface area (Å²) >= 11 is 3.28. The molecule has 2 aromatic rings. The summed E-state index contributed by atoms with van der Waals surface area (Å²) in [6, 6.07) is 6.88. The molecule has 0 amide bonds. The first-order valence-corrected chi connectivity index (χ1v) is 7.05. The van der Waals surface area contributed by atoms with Gasteiger partial charge in [-0.2, -0.15) is 5.10 Å². The molecule has 2 rings (SSSR count). The minimum atomic E-state index is -3.57. The molecule has 0 aliphatic heterocycles. The lowest BCUT2D eigenvalue weighted by Crippen LogP contribution is -2.13. The van der Waals surface area contributed by atoms with Crippen molar-refractivity contribution in [3.63, 3.8) is 0 Å². The number of anilines is 1. The zero-order valence-electron chi connectivity index (χ0n) is 8.94. The van der Waals surface area contributed by atoms with E-state index in [9.17, 15) is 8.42 Å². The highest BCUT2D eigenvalue weighted by Gasteiger charge is 2.18. The first-order valence-electron chi connectivity index (χ1n) is 4.77. The van der Waals surface area contributed by atoms with Crippen LogP contribution in [0.1, 0.15) is 5.69 Å². The van der Waals surface area contributed by atoms with Crippen molar-refractivity contribution >= 4 is 31.6 Å². The molecule has 0 saturated heterocycles. The largest absolute Gasteiger partial charge is 0.281 e. The Labute approximate surface area is 107 Å². The quantitative estimate of drug-likeness (QED) is 0.912. The molecule has 1 heterocycles. The first kappa shape index (κ1) is 12.1. The Kier molecular flexibility index (Phi) is 3.21. The van der Waals surface area contributed by atoms with Gasteiger partial charge in [0.1, 0.15) is 4.90 Å². The summed E-state index contributed by atoms with van der Waals surface area (Å²) < 4.78 is 27.3. The third kappa shape index (κ3) is 2.67. The fraction of sp³-hybridized carbons (Fsp3) is 0.100. The number of sulfonamides is 1. The lowest BCUT2D eigenvalue weighted by Gasteiger charge is -2.06. The fourth-order valence-corrected chi connectivity index (χ4v) is 2.80. The van der Waals surface area contributed by atoms with Crippen LogP contribution in [0.3, 0.4) is 0 Å². The Morgan fingerprint density at radius 1 is 1.29 bits per heavy atom. The van der Waals surface area contributed by atoms with Crippen LogP contribution in [0.4, 0.5) is 5.69 Å². The van der Waals surface area contributed by atoms with Gasteiger partial charge in [-0.1, -0.05) is 15.9 Å². The Hall–Kier alpha value is -1.34. The maximum atomic E-state index is 12.0. The van der Waals surface area contributed by atoms with Gasteiger partial charge in [-0.05, 0) is 31.2 Å². The minimum absolute atomic E-state index is 0.153. The second-order valence-corrected chi connectivity index (χ2v) is 6.04. The summed E-state index contributed by atoms with van der Waals surface area (Å²) in [5, 5.41) is 6.29. The molecule has 1 aromatic heterocycles. The van der Waals surface area contributed by atoms with Crippen molar-refractivity contribution in [1.82, 2.24) is 10.2 Å². The van der Waals surface area contributed by atoms with E-state index in [-0.39, 0.29) is 4.90 Å². The zero-order chi connectivity index (χ0) is 12.5. The molecule has 0 saturated carbocycles. The van der Waals surface area contributed by atoms with Crippen molar-refractivity contribution in [2.75, 3.05) is 4.72 Å². The number of halogens is 1. The van der Waals surface area contributed by atoms with Crippen LogP contribution < -0.4 is 4.72 Å².